The highest BCUT2D eigenvalue weighted by atomic mass is 19.2. The number of hydrogen-bond acceptors (Lipinski definition) is 3. The molecule has 4 nitrogen and oxygen atoms in total. The first-order valence-corrected chi connectivity index (χ1v) is 7.18. The third-order valence-electron chi connectivity index (χ3n) is 3.80. The van der Waals surface area contributed by atoms with Crippen molar-refractivity contribution in [3.63, 3.8) is 0 Å². The third kappa shape index (κ3) is 3.98. The van der Waals surface area contributed by atoms with Gasteiger partial charge >= 0.3 is 0 Å². The smallest absolute Gasteiger partial charge is 0.254 e. The summed E-state index contributed by atoms with van der Waals surface area (Å²) in [5, 5.41) is 0. The molecule has 0 bridgehead atoms. The van der Waals surface area contributed by atoms with Crippen LogP contribution in [0.25, 0.3) is 0 Å². The van der Waals surface area contributed by atoms with Gasteiger partial charge in [0.15, 0.2) is 11.6 Å². The number of piperazine rings is 1. The minimum atomic E-state index is -0.990. The van der Waals surface area contributed by atoms with Gasteiger partial charge in [0.25, 0.3) is 5.91 Å². The van der Waals surface area contributed by atoms with Gasteiger partial charge in [-0.2, -0.15) is 0 Å². The van der Waals surface area contributed by atoms with Gasteiger partial charge in [-0.3, -0.25) is 9.69 Å². The van der Waals surface area contributed by atoms with Crippen molar-refractivity contribution < 1.29 is 13.6 Å². The van der Waals surface area contributed by atoms with Crippen molar-refractivity contribution in [3.05, 3.63) is 35.4 Å². The van der Waals surface area contributed by atoms with Crippen LogP contribution in [0.1, 0.15) is 17.3 Å². The SMILES string of the molecule is CC(CN)CN1CCN(C(=O)c2ccc(F)c(F)c2)CC1. The Labute approximate surface area is 123 Å². The van der Waals surface area contributed by atoms with Gasteiger partial charge in [-0.05, 0) is 30.7 Å². The molecular weight excluding hydrogens is 276 g/mol. The van der Waals surface area contributed by atoms with E-state index in [-0.39, 0.29) is 11.5 Å². The van der Waals surface area contributed by atoms with Gasteiger partial charge in [0.1, 0.15) is 0 Å². The summed E-state index contributed by atoms with van der Waals surface area (Å²) in [5.74, 6) is -1.75. The first kappa shape index (κ1) is 15.9. The summed E-state index contributed by atoms with van der Waals surface area (Å²) in [6, 6.07) is 3.27. The number of carbonyl (C=O) groups excluding carboxylic acids is 1. The molecule has 6 heteroatoms. The number of carbonyl (C=O) groups is 1. The van der Waals surface area contributed by atoms with E-state index in [9.17, 15) is 13.6 Å². The Kier molecular flexibility index (Phi) is 5.25. The van der Waals surface area contributed by atoms with Gasteiger partial charge in [0.2, 0.25) is 0 Å². The Morgan fingerprint density at radius 1 is 1.24 bits per heavy atom. The molecule has 1 unspecified atom stereocenters. The molecule has 1 fully saturated rings. The normalized spacial score (nSPS) is 17.8. The second-order valence-electron chi connectivity index (χ2n) is 5.56. The largest absolute Gasteiger partial charge is 0.336 e. The molecule has 0 saturated carbocycles. The Hall–Kier alpha value is -1.53. The second kappa shape index (κ2) is 6.95. The van der Waals surface area contributed by atoms with Crippen LogP contribution >= 0.6 is 0 Å². The van der Waals surface area contributed by atoms with Gasteiger partial charge < -0.3 is 10.6 Å². The van der Waals surface area contributed by atoms with E-state index in [1.54, 1.807) is 4.90 Å². The average Bonchev–Trinajstić information content (AvgIpc) is 2.50. The highest BCUT2D eigenvalue weighted by Crippen LogP contribution is 2.13. The zero-order chi connectivity index (χ0) is 15.4. The van der Waals surface area contributed by atoms with Crippen LogP contribution in [0, 0.1) is 17.6 Å². The van der Waals surface area contributed by atoms with E-state index in [4.69, 9.17) is 5.73 Å². The summed E-state index contributed by atoms with van der Waals surface area (Å²) in [6.45, 7) is 6.40. The van der Waals surface area contributed by atoms with E-state index in [1.807, 2.05) is 0 Å². The van der Waals surface area contributed by atoms with Crippen LogP contribution in [0.5, 0.6) is 0 Å². The minimum Gasteiger partial charge on any atom is -0.336 e. The molecule has 1 aromatic carbocycles. The summed E-state index contributed by atoms with van der Waals surface area (Å²) in [7, 11) is 0. The van der Waals surface area contributed by atoms with Crippen molar-refractivity contribution in [1.82, 2.24) is 9.80 Å². The second-order valence-corrected chi connectivity index (χ2v) is 5.56. The number of nitrogens with zero attached hydrogens (tertiary/aromatic N) is 2. The Morgan fingerprint density at radius 2 is 1.90 bits per heavy atom. The Balaban J connectivity index is 1.92. The molecule has 116 valence electrons. The van der Waals surface area contributed by atoms with Crippen LogP contribution < -0.4 is 5.73 Å². The van der Waals surface area contributed by atoms with E-state index in [0.29, 0.717) is 25.6 Å². The molecule has 2 rings (SSSR count). The molecule has 0 spiro atoms. The van der Waals surface area contributed by atoms with Crippen molar-refractivity contribution in [2.24, 2.45) is 11.7 Å². The summed E-state index contributed by atoms with van der Waals surface area (Å²) < 4.78 is 26.1. The minimum absolute atomic E-state index is 0.192. The van der Waals surface area contributed by atoms with Crippen LogP contribution in [0.4, 0.5) is 8.78 Å². The fraction of sp³-hybridized carbons (Fsp3) is 0.533. The molecule has 21 heavy (non-hydrogen) atoms. The number of hydrogen-bond donors (Lipinski definition) is 1. The molecule has 1 saturated heterocycles. The number of rotatable bonds is 4. The highest BCUT2D eigenvalue weighted by molar-refractivity contribution is 5.94. The molecule has 0 aromatic heterocycles. The number of amides is 1. The lowest BCUT2D eigenvalue weighted by atomic mass is 10.1. The monoisotopic (exact) mass is 297 g/mol. The predicted octanol–water partition coefficient (Wildman–Crippen LogP) is 1.32. The van der Waals surface area contributed by atoms with Crippen molar-refractivity contribution in [2.45, 2.75) is 6.92 Å². The molecular formula is C15H21F2N3O. The highest BCUT2D eigenvalue weighted by Gasteiger charge is 2.23. The van der Waals surface area contributed by atoms with Crippen LogP contribution in [0.2, 0.25) is 0 Å². The van der Waals surface area contributed by atoms with Gasteiger partial charge in [-0.25, -0.2) is 8.78 Å². The Bertz CT molecular complexity index is 502. The Morgan fingerprint density at radius 3 is 2.48 bits per heavy atom. The van der Waals surface area contributed by atoms with E-state index in [1.165, 1.54) is 6.07 Å². The van der Waals surface area contributed by atoms with Crippen LogP contribution in [-0.4, -0.2) is 55.0 Å². The van der Waals surface area contributed by atoms with Crippen molar-refractivity contribution >= 4 is 5.91 Å². The number of nitrogens with two attached hydrogens (primary N) is 1. The maximum atomic E-state index is 13.2. The fourth-order valence-corrected chi connectivity index (χ4v) is 2.46. The molecule has 1 aliphatic heterocycles. The zero-order valence-electron chi connectivity index (χ0n) is 12.2. The molecule has 1 heterocycles. The van der Waals surface area contributed by atoms with E-state index in [2.05, 4.69) is 11.8 Å². The number of halogens is 2. The molecule has 1 aromatic rings. The molecule has 1 atom stereocenters. The standard InChI is InChI=1S/C15H21F2N3O/c1-11(9-18)10-19-4-6-20(7-5-19)15(21)12-2-3-13(16)14(17)8-12/h2-3,8,11H,4-7,9-10,18H2,1H3. The maximum absolute atomic E-state index is 13.2. The third-order valence-corrected chi connectivity index (χ3v) is 3.80. The van der Waals surface area contributed by atoms with Gasteiger partial charge in [-0.15, -0.1) is 0 Å². The van der Waals surface area contributed by atoms with Crippen LogP contribution in [0.3, 0.4) is 0 Å². The van der Waals surface area contributed by atoms with E-state index < -0.39 is 11.6 Å². The molecule has 2 N–H and O–H groups in total. The lowest BCUT2D eigenvalue weighted by Gasteiger charge is -2.35. The van der Waals surface area contributed by atoms with Crippen LogP contribution in [0.15, 0.2) is 18.2 Å². The van der Waals surface area contributed by atoms with Crippen molar-refractivity contribution in [3.8, 4) is 0 Å². The molecule has 0 aliphatic carbocycles. The zero-order valence-corrected chi connectivity index (χ0v) is 12.2. The summed E-state index contributed by atoms with van der Waals surface area (Å²) >= 11 is 0. The number of benzene rings is 1. The van der Waals surface area contributed by atoms with E-state index >= 15 is 0 Å². The van der Waals surface area contributed by atoms with Gasteiger partial charge in [0.05, 0.1) is 0 Å². The first-order valence-electron chi connectivity index (χ1n) is 7.18. The van der Waals surface area contributed by atoms with E-state index in [0.717, 1.165) is 31.8 Å². The van der Waals surface area contributed by atoms with Crippen molar-refractivity contribution in [2.75, 3.05) is 39.3 Å². The predicted molar refractivity (Wildman–Crippen MR) is 76.9 cm³/mol. The summed E-state index contributed by atoms with van der Waals surface area (Å²) in [6.07, 6.45) is 0. The summed E-state index contributed by atoms with van der Waals surface area (Å²) in [4.78, 5) is 16.2. The summed E-state index contributed by atoms with van der Waals surface area (Å²) in [5.41, 5.74) is 5.80. The van der Waals surface area contributed by atoms with Gasteiger partial charge in [-0.1, -0.05) is 6.92 Å². The lowest BCUT2D eigenvalue weighted by Crippen LogP contribution is -2.50. The van der Waals surface area contributed by atoms with Crippen LogP contribution in [-0.2, 0) is 0 Å². The first-order chi connectivity index (χ1) is 10.0. The lowest BCUT2D eigenvalue weighted by molar-refractivity contribution is 0.0621. The molecule has 1 amide bonds. The van der Waals surface area contributed by atoms with Crippen molar-refractivity contribution in [1.29, 1.82) is 0 Å². The fourth-order valence-electron chi connectivity index (χ4n) is 2.46. The molecule has 0 radical (unpaired) electrons. The molecule has 1 aliphatic rings. The quantitative estimate of drug-likeness (QED) is 0.912. The topological polar surface area (TPSA) is 49.6 Å². The average molecular weight is 297 g/mol. The van der Waals surface area contributed by atoms with Gasteiger partial charge in [0, 0.05) is 38.3 Å². The maximum Gasteiger partial charge on any atom is 0.254 e.